The summed E-state index contributed by atoms with van der Waals surface area (Å²) < 4.78 is 1.90. The Balaban J connectivity index is 1.72. The molecule has 26 heavy (non-hydrogen) atoms. The molecule has 0 amide bonds. The van der Waals surface area contributed by atoms with E-state index in [1.54, 1.807) is 12.4 Å². The van der Waals surface area contributed by atoms with Gasteiger partial charge in [-0.15, -0.1) is 0 Å². The van der Waals surface area contributed by atoms with Crippen LogP contribution in [0.15, 0.2) is 36.8 Å². The third-order valence-electron chi connectivity index (χ3n) is 4.86. The van der Waals surface area contributed by atoms with Crippen molar-refractivity contribution in [3.05, 3.63) is 36.8 Å². The molecule has 0 aliphatic heterocycles. The molecular weight excluding hydrogens is 336 g/mol. The number of nitrogens with one attached hydrogen (secondary N) is 1. The number of nitrogens with zero attached hydrogens (tertiary/aromatic N) is 4. The molecule has 9 heteroatoms. The van der Waals surface area contributed by atoms with Gasteiger partial charge in [0.2, 0.25) is 5.95 Å². The van der Waals surface area contributed by atoms with Crippen molar-refractivity contribution >= 4 is 17.4 Å². The molecule has 9 nitrogen and oxygen atoms in total. The standard InChI is InChI=1S/C17H20N6O3/c18-17-20-6-10(12-7-19-13-3-1-2-4-23(12)13)16(22-17)21-11-5-9(8-24)14(25)15(11)26/h1-4,6-7,9,11,14-15,24-26H,5,8H2,(H3,18,20,21,22)/t9-,11-,14-,15+/m1/s1. The number of imidazole rings is 1. The summed E-state index contributed by atoms with van der Waals surface area (Å²) in [6.45, 7) is -0.192. The Hall–Kier alpha value is -2.75. The fraction of sp³-hybridized carbons (Fsp3) is 0.353. The van der Waals surface area contributed by atoms with Crippen LogP contribution in [-0.2, 0) is 0 Å². The number of nitrogen functional groups attached to an aromatic ring is 1. The molecule has 1 aliphatic rings. The van der Waals surface area contributed by atoms with Crippen molar-refractivity contribution in [3.8, 4) is 11.3 Å². The number of nitrogens with two attached hydrogens (primary N) is 1. The predicted molar refractivity (Wildman–Crippen MR) is 95.2 cm³/mol. The Morgan fingerprint density at radius 3 is 2.81 bits per heavy atom. The van der Waals surface area contributed by atoms with Crippen LogP contribution in [0.3, 0.4) is 0 Å². The van der Waals surface area contributed by atoms with Crippen LogP contribution in [0.5, 0.6) is 0 Å². The monoisotopic (exact) mass is 356 g/mol. The van der Waals surface area contributed by atoms with E-state index in [1.807, 2.05) is 28.8 Å². The third kappa shape index (κ3) is 2.75. The zero-order valence-corrected chi connectivity index (χ0v) is 13.9. The number of aromatic nitrogens is 4. The van der Waals surface area contributed by atoms with Crippen molar-refractivity contribution < 1.29 is 15.3 Å². The molecule has 1 fully saturated rings. The van der Waals surface area contributed by atoms with Crippen molar-refractivity contribution in [2.75, 3.05) is 17.7 Å². The van der Waals surface area contributed by atoms with E-state index >= 15 is 0 Å². The first-order valence-electron chi connectivity index (χ1n) is 8.37. The number of hydrogen-bond acceptors (Lipinski definition) is 8. The average Bonchev–Trinajstić information content (AvgIpc) is 3.18. The highest BCUT2D eigenvalue weighted by atomic mass is 16.3. The maximum absolute atomic E-state index is 10.3. The topological polar surface area (TPSA) is 142 Å². The summed E-state index contributed by atoms with van der Waals surface area (Å²) in [5, 5.41) is 32.8. The van der Waals surface area contributed by atoms with Crippen molar-refractivity contribution in [2.24, 2.45) is 5.92 Å². The second-order valence-electron chi connectivity index (χ2n) is 6.47. The lowest BCUT2D eigenvalue weighted by atomic mass is 10.1. The minimum Gasteiger partial charge on any atom is -0.396 e. The molecule has 136 valence electrons. The van der Waals surface area contributed by atoms with E-state index in [-0.39, 0.29) is 18.5 Å². The number of anilines is 2. The molecule has 1 aliphatic carbocycles. The molecule has 3 aromatic heterocycles. The maximum Gasteiger partial charge on any atom is 0.221 e. The van der Waals surface area contributed by atoms with Gasteiger partial charge in [-0.2, -0.15) is 4.98 Å². The first-order valence-corrected chi connectivity index (χ1v) is 8.37. The second-order valence-corrected chi connectivity index (χ2v) is 6.47. The van der Waals surface area contributed by atoms with E-state index in [2.05, 4.69) is 20.3 Å². The van der Waals surface area contributed by atoms with Crippen LogP contribution in [0.2, 0.25) is 0 Å². The molecule has 4 atom stereocenters. The summed E-state index contributed by atoms with van der Waals surface area (Å²) in [7, 11) is 0. The minimum atomic E-state index is -1.02. The normalized spacial score (nSPS) is 25.7. The van der Waals surface area contributed by atoms with E-state index in [9.17, 15) is 15.3 Å². The summed E-state index contributed by atoms with van der Waals surface area (Å²) in [6.07, 6.45) is 3.60. The average molecular weight is 356 g/mol. The molecule has 3 aromatic rings. The number of aliphatic hydroxyl groups is 3. The van der Waals surface area contributed by atoms with Gasteiger partial charge in [0.05, 0.1) is 29.6 Å². The van der Waals surface area contributed by atoms with Crippen LogP contribution in [0.1, 0.15) is 6.42 Å². The summed E-state index contributed by atoms with van der Waals surface area (Å²) in [5.74, 6) is 0.149. The molecule has 3 heterocycles. The van der Waals surface area contributed by atoms with Gasteiger partial charge in [-0.05, 0) is 18.6 Å². The van der Waals surface area contributed by atoms with Crippen LogP contribution < -0.4 is 11.1 Å². The minimum absolute atomic E-state index is 0.0943. The zero-order chi connectivity index (χ0) is 18.3. The lowest BCUT2D eigenvalue weighted by Gasteiger charge is -2.20. The Morgan fingerprint density at radius 1 is 1.19 bits per heavy atom. The fourth-order valence-corrected chi connectivity index (χ4v) is 3.45. The van der Waals surface area contributed by atoms with Crippen molar-refractivity contribution in [2.45, 2.75) is 24.7 Å². The summed E-state index contributed by atoms with van der Waals surface area (Å²) in [4.78, 5) is 12.7. The van der Waals surface area contributed by atoms with Gasteiger partial charge in [-0.3, -0.25) is 4.40 Å². The molecule has 0 radical (unpaired) electrons. The smallest absolute Gasteiger partial charge is 0.221 e. The molecular formula is C17H20N6O3. The Labute approximate surface area is 149 Å². The molecule has 0 saturated heterocycles. The molecule has 6 N–H and O–H groups in total. The maximum atomic E-state index is 10.3. The van der Waals surface area contributed by atoms with Crippen LogP contribution in [0.25, 0.3) is 16.9 Å². The summed E-state index contributed by atoms with van der Waals surface area (Å²) >= 11 is 0. The van der Waals surface area contributed by atoms with Crippen molar-refractivity contribution in [1.29, 1.82) is 0 Å². The third-order valence-corrected chi connectivity index (χ3v) is 4.86. The number of hydrogen-bond donors (Lipinski definition) is 5. The van der Waals surface area contributed by atoms with E-state index in [1.165, 1.54) is 0 Å². The zero-order valence-electron chi connectivity index (χ0n) is 13.9. The quantitative estimate of drug-likeness (QED) is 0.436. The molecule has 0 spiro atoms. The Bertz CT molecular complexity index is 930. The van der Waals surface area contributed by atoms with E-state index in [0.29, 0.717) is 17.8 Å². The first kappa shape index (κ1) is 16.7. The lowest BCUT2D eigenvalue weighted by molar-refractivity contribution is 0.00446. The molecule has 0 unspecified atom stereocenters. The molecule has 0 aromatic carbocycles. The number of rotatable bonds is 4. The van der Waals surface area contributed by atoms with Gasteiger partial charge < -0.3 is 26.4 Å². The van der Waals surface area contributed by atoms with Crippen LogP contribution in [-0.4, -0.2) is 59.5 Å². The number of fused-ring (bicyclic) bond motifs is 1. The van der Waals surface area contributed by atoms with Crippen LogP contribution in [0.4, 0.5) is 11.8 Å². The summed E-state index contributed by atoms with van der Waals surface area (Å²) in [6, 6.07) is 5.22. The van der Waals surface area contributed by atoms with Gasteiger partial charge in [-0.1, -0.05) is 6.07 Å². The largest absolute Gasteiger partial charge is 0.396 e. The molecule has 4 rings (SSSR count). The summed E-state index contributed by atoms with van der Waals surface area (Å²) in [5.41, 5.74) is 7.97. The lowest BCUT2D eigenvalue weighted by Crippen LogP contribution is -2.35. The molecule has 1 saturated carbocycles. The highest BCUT2D eigenvalue weighted by molar-refractivity contribution is 5.74. The highest BCUT2D eigenvalue weighted by Gasteiger charge is 2.41. The Kier molecular flexibility index (Phi) is 4.19. The number of pyridine rings is 1. The van der Waals surface area contributed by atoms with E-state index in [4.69, 9.17) is 5.73 Å². The second kappa shape index (κ2) is 6.52. The highest BCUT2D eigenvalue weighted by Crippen LogP contribution is 2.32. The Morgan fingerprint density at radius 2 is 2.04 bits per heavy atom. The van der Waals surface area contributed by atoms with E-state index < -0.39 is 18.2 Å². The number of aliphatic hydroxyl groups excluding tert-OH is 3. The van der Waals surface area contributed by atoms with Gasteiger partial charge >= 0.3 is 0 Å². The van der Waals surface area contributed by atoms with Gasteiger partial charge in [0.15, 0.2) is 0 Å². The molecule has 0 bridgehead atoms. The SMILES string of the molecule is Nc1ncc(-c2cnc3ccccn23)c(N[C@@H]2C[C@H](CO)[C@@H](O)[C@H]2O)n1. The van der Waals surface area contributed by atoms with Gasteiger partial charge in [0, 0.05) is 24.9 Å². The van der Waals surface area contributed by atoms with Crippen LogP contribution in [0, 0.1) is 5.92 Å². The van der Waals surface area contributed by atoms with E-state index in [0.717, 1.165) is 11.3 Å². The van der Waals surface area contributed by atoms with Gasteiger partial charge in [0.25, 0.3) is 0 Å². The predicted octanol–water partition coefficient (Wildman–Crippen LogP) is -0.112. The van der Waals surface area contributed by atoms with Crippen molar-refractivity contribution in [3.63, 3.8) is 0 Å². The fourth-order valence-electron chi connectivity index (χ4n) is 3.45. The first-order chi connectivity index (χ1) is 12.6. The van der Waals surface area contributed by atoms with Crippen molar-refractivity contribution in [1.82, 2.24) is 19.4 Å². The van der Waals surface area contributed by atoms with Gasteiger partial charge in [0.1, 0.15) is 17.6 Å². The van der Waals surface area contributed by atoms with Crippen LogP contribution >= 0.6 is 0 Å². The van der Waals surface area contributed by atoms with Gasteiger partial charge in [-0.25, -0.2) is 9.97 Å².